The Morgan fingerprint density at radius 1 is 0.892 bits per heavy atom. The van der Waals surface area contributed by atoms with Gasteiger partial charge in [0.05, 0.1) is 32.5 Å². The molecule has 1 fully saturated rings. The number of benzene rings is 3. The first-order valence-electron chi connectivity index (χ1n) is 12.0. The Bertz CT molecular complexity index is 1250. The minimum atomic E-state index is -1.40. The van der Waals surface area contributed by atoms with Crippen molar-refractivity contribution >= 4 is 11.9 Å². The summed E-state index contributed by atoms with van der Waals surface area (Å²) in [6.45, 7) is 4.65. The minimum absolute atomic E-state index is 0.0493. The summed E-state index contributed by atoms with van der Waals surface area (Å²) in [5, 5.41) is 12.1. The van der Waals surface area contributed by atoms with Crippen LogP contribution in [0.15, 0.2) is 72.8 Å². The Labute approximate surface area is 217 Å². The van der Waals surface area contributed by atoms with Gasteiger partial charge in [0.1, 0.15) is 11.5 Å². The van der Waals surface area contributed by atoms with Crippen molar-refractivity contribution < 1.29 is 19.1 Å². The van der Waals surface area contributed by atoms with Crippen LogP contribution >= 0.6 is 0 Å². The second kappa shape index (κ2) is 10.7. The van der Waals surface area contributed by atoms with Crippen LogP contribution in [0.25, 0.3) is 0 Å². The Morgan fingerprint density at radius 3 is 1.84 bits per heavy atom. The third-order valence-electron chi connectivity index (χ3n) is 6.67. The zero-order chi connectivity index (χ0) is 26.6. The van der Waals surface area contributed by atoms with Gasteiger partial charge in [-0.3, -0.25) is 9.69 Å². The number of rotatable bonds is 9. The summed E-state index contributed by atoms with van der Waals surface area (Å²) in [4.78, 5) is 30.8. The first kappa shape index (κ1) is 25.7. The van der Waals surface area contributed by atoms with Gasteiger partial charge < -0.3 is 14.8 Å². The van der Waals surface area contributed by atoms with Gasteiger partial charge in [0.2, 0.25) is 0 Å². The Kier molecular flexibility index (Phi) is 7.46. The average molecular weight is 499 g/mol. The molecule has 1 N–H and O–H groups in total. The maximum atomic E-state index is 14.2. The average Bonchev–Trinajstić information content (AvgIpc) is 3.18. The molecule has 1 heterocycles. The molecule has 0 spiro atoms. The van der Waals surface area contributed by atoms with Crippen LogP contribution in [0.1, 0.15) is 36.1 Å². The standard InChI is InChI=1S/C29H30N4O4/c1-20(2)32(18-22-7-5-21(17-30)6-8-22)19-33-27(34)29(31-28(33)35,23-9-13-25(36-3)14-10-23)24-11-15-26(37-4)16-12-24/h5-16,20H,18-19H2,1-4H3,(H,31,35). The summed E-state index contributed by atoms with van der Waals surface area (Å²) in [6.07, 6.45) is 0. The maximum Gasteiger partial charge on any atom is 0.326 e. The first-order valence-corrected chi connectivity index (χ1v) is 12.0. The van der Waals surface area contributed by atoms with Gasteiger partial charge in [0.15, 0.2) is 5.54 Å². The summed E-state index contributed by atoms with van der Waals surface area (Å²) in [7, 11) is 3.15. The monoisotopic (exact) mass is 498 g/mol. The number of carbonyl (C=O) groups is 2. The van der Waals surface area contributed by atoms with Crippen molar-refractivity contribution in [2.75, 3.05) is 20.9 Å². The first-order chi connectivity index (χ1) is 17.8. The highest BCUT2D eigenvalue weighted by molar-refractivity contribution is 6.09. The molecule has 3 amide bonds. The number of ether oxygens (including phenoxy) is 2. The Morgan fingerprint density at radius 2 is 1.41 bits per heavy atom. The molecule has 8 nitrogen and oxygen atoms in total. The van der Waals surface area contributed by atoms with Gasteiger partial charge in [-0.2, -0.15) is 5.26 Å². The molecule has 1 aliphatic rings. The van der Waals surface area contributed by atoms with Crippen molar-refractivity contribution in [1.29, 1.82) is 5.26 Å². The van der Waals surface area contributed by atoms with Gasteiger partial charge in [0, 0.05) is 12.6 Å². The third-order valence-corrected chi connectivity index (χ3v) is 6.67. The highest BCUT2D eigenvalue weighted by Crippen LogP contribution is 2.37. The smallest absolute Gasteiger partial charge is 0.326 e. The number of nitriles is 1. The molecule has 0 aliphatic carbocycles. The van der Waals surface area contributed by atoms with E-state index in [2.05, 4.69) is 11.4 Å². The van der Waals surface area contributed by atoms with Crippen molar-refractivity contribution in [1.82, 2.24) is 15.1 Å². The number of urea groups is 1. The molecular weight excluding hydrogens is 468 g/mol. The number of imide groups is 1. The number of hydrogen-bond donors (Lipinski definition) is 1. The molecule has 0 aromatic heterocycles. The summed E-state index contributed by atoms with van der Waals surface area (Å²) < 4.78 is 10.6. The van der Waals surface area contributed by atoms with Gasteiger partial charge in [-0.1, -0.05) is 36.4 Å². The minimum Gasteiger partial charge on any atom is -0.497 e. The van der Waals surface area contributed by atoms with E-state index in [4.69, 9.17) is 14.7 Å². The normalized spacial score (nSPS) is 14.6. The van der Waals surface area contributed by atoms with Crippen LogP contribution in [-0.4, -0.2) is 48.7 Å². The van der Waals surface area contributed by atoms with E-state index in [0.29, 0.717) is 34.7 Å². The lowest BCUT2D eigenvalue weighted by molar-refractivity contribution is -0.132. The molecule has 0 radical (unpaired) electrons. The van der Waals surface area contributed by atoms with E-state index in [-0.39, 0.29) is 18.6 Å². The summed E-state index contributed by atoms with van der Waals surface area (Å²) in [5.74, 6) is 0.935. The lowest BCUT2D eigenvalue weighted by Gasteiger charge is -2.31. The van der Waals surface area contributed by atoms with Gasteiger partial charge in [-0.15, -0.1) is 0 Å². The molecule has 190 valence electrons. The Hall–Kier alpha value is -4.35. The van der Waals surface area contributed by atoms with Crippen LogP contribution in [0.2, 0.25) is 0 Å². The number of methoxy groups -OCH3 is 2. The summed E-state index contributed by atoms with van der Waals surface area (Å²) >= 11 is 0. The molecule has 4 rings (SSSR count). The van der Waals surface area contributed by atoms with E-state index in [1.54, 1.807) is 74.9 Å². The lowest BCUT2D eigenvalue weighted by Crippen LogP contribution is -2.47. The molecule has 0 bridgehead atoms. The van der Waals surface area contributed by atoms with Gasteiger partial charge in [-0.05, 0) is 66.9 Å². The van der Waals surface area contributed by atoms with E-state index in [0.717, 1.165) is 5.56 Å². The van der Waals surface area contributed by atoms with Crippen LogP contribution in [0.4, 0.5) is 4.79 Å². The fourth-order valence-electron chi connectivity index (χ4n) is 4.44. The van der Waals surface area contributed by atoms with Crippen LogP contribution in [0.5, 0.6) is 11.5 Å². The third kappa shape index (κ3) is 4.99. The zero-order valence-electron chi connectivity index (χ0n) is 21.4. The molecule has 1 aliphatic heterocycles. The topological polar surface area (TPSA) is 94.9 Å². The number of hydrogen-bond acceptors (Lipinski definition) is 6. The fourth-order valence-corrected chi connectivity index (χ4v) is 4.44. The van der Waals surface area contributed by atoms with Crippen molar-refractivity contribution in [2.45, 2.75) is 32.0 Å². The second-order valence-electron chi connectivity index (χ2n) is 9.16. The van der Waals surface area contributed by atoms with E-state index < -0.39 is 11.6 Å². The quantitative estimate of drug-likeness (QED) is 0.444. The highest BCUT2D eigenvalue weighted by atomic mass is 16.5. The van der Waals surface area contributed by atoms with Crippen molar-refractivity contribution in [3.63, 3.8) is 0 Å². The molecule has 0 atom stereocenters. The molecule has 3 aromatic rings. The van der Waals surface area contributed by atoms with Crippen molar-refractivity contribution in [3.8, 4) is 17.6 Å². The fraction of sp³-hybridized carbons (Fsp3) is 0.276. The number of nitrogens with zero attached hydrogens (tertiary/aromatic N) is 3. The molecule has 37 heavy (non-hydrogen) atoms. The largest absolute Gasteiger partial charge is 0.497 e. The molecule has 8 heteroatoms. The molecule has 3 aromatic carbocycles. The van der Waals surface area contributed by atoms with E-state index in [1.165, 1.54) is 4.90 Å². The molecule has 1 saturated heterocycles. The predicted octanol–water partition coefficient (Wildman–Crippen LogP) is 4.24. The summed E-state index contributed by atoms with van der Waals surface area (Å²) in [6, 6.07) is 23.3. The van der Waals surface area contributed by atoms with Gasteiger partial charge in [-0.25, -0.2) is 9.69 Å². The van der Waals surface area contributed by atoms with Crippen LogP contribution in [0, 0.1) is 11.3 Å². The maximum absolute atomic E-state index is 14.2. The van der Waals surface area contributed by atoms with E-state index in [9.17, 15) is 9.59 Å². The van der Waals surface area contributed by atoms with Crippen molar-refractivity contribution in [2.24, 2.45) is 0 Å². The van der Waals surface area contributed by atoms with Crippen molar-refractivity contribution in [3.05, 3.63) is 95.1 Å². The molecule has 0 saturated carbocycles. The van der Waals surface area contributed by atoms with Gasteiger partial charge >= 0.3 is 6.03 Å². The number of carbonyl (C=O) groups excluding carboxylic acids is 2. The van der Waals surface area contributed by atoms with Gasteiger partial charge in [0.25, 0.3) is 5.91 Å². The highest BCUT2D eigenvalue weighted by Gasteiger charge is 2.54. The van der Waals surface area contributed by atoms with Crippen LogP contribution in [0.3, 0.4) is 0 Å². The molecular formula is C29H30N4O4. The Balaban J connectivity index is 1.69. The second-order valence-corrected chi connectivity index (χ2v) is 9.16. The zero-order valence-corrected chi connectivity index (χ0v) is 21.4. The lowest BCUT2D eigenvalue weighted by atomic mass is 9.82. The predicted molar refractivity (Wildman–Crippen MR) is 139 cm³/mol. The van der Waals surface area contributed by atoms with Crippen LogP contribution < -0.4 is 14.8 Å². The van der Waals surface area contributed by atoms with E-state index in [1.807, 2.05) is 30.9 Å². The number of amides is 3. The molecule has 0 unspecified atom stereocenters. The SMILES string of the molecule is COc1ccc(C2(c3ccc(OC)cc3)NC(=O)N(CN(Cc3ccc(C#N)cc3)C(C)C)C2=O)cc1. The number of nitrogens with one attached hydrogen (secondary N) is 1. The summed E-state index contributed by atoms with van der Waals surface area (Å²) in [5.41, 5.74) is 1.42. The van der Waals surface area contributed by atoms with Crippen LogP contribution in [-0.2, 0) is 16.9 Å². The van der Waals surface area contributed by atoms with E-state index >= 15 is 0 Å².